The number of pyridine rings is 1. The van der Waals surface area contributed by atoms with Crippen LogP contribution in [0.4, 0.5) is 0 Å². The van der Waals surface area contributed by atoms with Crippen LogP contribution in [0.1, 0.15) is 23.2 Å². The Balaban J connectivity index is 1.53. The van der Waals surface area contributed by atoms with E-state index in [-0.39, 0.29) is 0 Å². The zero-order valence-corrected chi connectivity index (χ0v) is 13.9. The number of aromatic amines is 1. The van der Waals surface area contributed by atoms with Crippen molar-refractivity contribution in [2.45, 2.75) is 12.8 Å². The van der Waals surface area contributed by atoms with E-state index in [4.69, 9.17) is 0 Å². The van der Waals surface area contributed by atoms with Crippen LogP contribution in [0.3, 0.4) is 0 Å². The third-order valence-electron chi connectivity index (χ3n) is 5.01. The largest absolute Gasteiger partial charge is 0.358 e. The molecule has 120 valence electrons. The number of allylic oxidation sites excluding steroid dienone is 1. The minimum Gasteiger partial charge on any atom is -0.358 e. The Labute approximate surface area is 146 Å². The predicted molar refractivity (Wildman–Crippen MR) is 104 cm³/mol. The molecule has 0 aliphatic heterocycles. The zero-order chi connectivity index (χ0) is 16.6. The number of nitrogens with zero attached hydrogens (tertiary/aromatic N) is 1. The van der Waals surface area contributed by atoms with Crippen molar-refractivity contribution in [3.8, 4) is 11.3 Å². The summed E-state index contributed by atoms with van der Waals surface area (Å²) in [5, 5.41) is 1.32. The van der Waals surface area contributed by atoms with Crippen molar-refractivity contribution in [2.24, 2.45) is 0 Å². The van der Waals surface area contributed by atoms with Crippen LogP contribution in [0.2, 0.25) is 0 Å². The average Bonchev–Trinajstić information content (AvgIpc) is 3.07. The first kappa shape index (κ1) is 14.2. The molecule has 0 atom stereocenters. The molecule has 1 aliphatic carbocycles. The van der Waals surface area contributed by atoms with Crippen LogP contribution >= 0.6 is 0 Å². The zero-order valence-electron chi connectivity index (χ0n) is 13.9. The fourth-order valence-corrected chi connectivity index (χ4v) is 3.70. The van der Waals surface area contributed by atoms with Gasteiger partial charge in [-0.25, -0.2) is 0 Å². The molecule has 0 saturated carbocycles. The lowest BCUT2D eigenvalue weighted by atomic mass is 9.91. The van der Waals surface area contributed by atoms with Crippen LogP contribution in [-0.4, -0.2) is 9.97 Å². The molecule has 25 heavy (non-hydrogen) atoms. The van der Waals surface area contributed by atoms with Crippen molar-refractivity contribution in [1.29, 1.82) is 0 Å². The smallest absolute Gasteiger partial charge is 0.0701 e. The number of aryl methyl sites for hydroxylation is 1. The molecule has 5 rings (SSSR count). The van der Waals surface area contributed by atoms with Crippen molar-refractivity contribution in [2.75, 3.05) is 0 Å². The maximum Gasteiger partial charge on any atom is 0.0701 e. The maximum atomic E-state index is 4.43. The summed E-state index contributed by atoms with van der Waals surface area (Å²) >= 11 is 0. The Morgan fingerprint density at radius 1 is 0.760 bits per heavy atom. The highest BCUT2D eigenvalue weighted by Gasteiger charge is 2.16. The number of H-pyrrole nitrogens is 1. The molecule has 0 saturated heterocycles. The van der Waals surface area contributed by atoms with Gasteiger partial charge in [-0.15, -0.1) is 0 Å². The number of nitrogens with one attached hydrogen (secondary N) is 1. The molecular weight excluding hydrogens is 304 g/mol. The maximum absolute atomic E-state index is 4.43. The predicted octanol–water partition coefficient (Wildman–Crippen LogP) is 5.72. The number of aromatic nitrogens is 2. The van der Waals surface area contributed by atoms with Gasteiger partial charge in [-0.05, 0) is 48.3 Å². The SMILES string of the molecule is C1=C(c2ccc(-c3ccccn3)cc2)CCc2[nH]c3ccccc3c21. The first-order valence-corrected chi connectivity index (χ1v) is 8.70. The standard InChI is InChI=1S/C23H18N2/c1-2-7-22-19(5-1)20-15-18(12-13-23(20)25-22)16-8-10-17(11-9-16)21-6-3-4-14-24-21/h1-11,14-15,25H,12-13H2. The highest BCUT2D eigenvalue weighted by molar-refractivity contribution is 5.97. The van der Waals surface area contributed by atoms with Gasteiger partial charge in [-0.1, -0.05) is 48.5 Å². The van der Waals surface area contributed by atoms with E-state index >= 15 is 0 Å². The molecule has 0 amide bonds. The molecule has 2 nitrogen and oxygen atoms in total. The third kappa shape index (κ3) is 2.47. The van der Waals surface area contributed by atoms with E-state index in [0.29, 0.717) is 0 Å². The van der Waals surface area contributed by atoms with Crippen LogP contribution in [0.5, 0.6) is 0 Å². The number of para-hydroxylation sites is 1. The first-order chi connectivity index (χ1) is 12.4. The summed E-state index contributed by atoms with van der Waals surface area (Å²) in [5.41, 5.74) is 8.83. The summed E-state index contributed by atoms with van der Waals surface area (Å²) in [7, 11) is 0. The Kier molecular flexibility index (Phi) is 3.27. The normalized spacial score (nSPS) is 13.5. The van der Waals surface area contributed by atoms with Crippen LogP contribution in [0.25, 0.3) is 33.8 Å². The minimum atomic E-state index is 1.02. The summed E-state index contributed by atoms with van der Waals surface area (Å²) < 4.78 is 0. The van der Waals surface area contributed by atoms with Gasteiger partial charge in [0.2, 0.25) is 0 Å². The molecule has 1 N–H and O–H groups in total. The second-order valence-corrected chi connectivity index (χ2v) is 6.52. The number of hydrogen-bond donors (Lipinski definition) is 1. The summed E-state index contributed by atoms with van der Waals surface area (Å²) in [6.07, 6.45) is 6.33. The Bertz CT molecular complexity index is 1070. The van der Waals surface area contributed by atoms with Gasteiger partial charge >= 0.3 is 0 Å². The van der Waals surface area contributed by atoms with E-state index in [1.807, 2.05) is 24.4 Å². The van der Waals surface area contributed by atoms with E-state index in [9.17, 15) is 0 Å². The number of rotatable bonds is 2. The molecule has 2 heterocycles. The number of hydrogen-bond acceptors (Lipinski definition) is 1. The molecule has 0 fully saturated rings. The first-order valence-electron chi connectivity index (χ1n) is 8.70. The van der Waals surface area contributed by atoms with Crippen LogP contribution in [0, 0.1) is 0 Å². The lowest BCUT2D eigenvalue weighted by Gasteiger charge is -2.14. The Morgan fingerprint density at radius 3 is 2.40 bits per heavy atom. The average molecular weight is 322 g/mol. The minimum absolute atomic E-state index is 1.02. The molecule has 4 aromatic rings. The van der Waals surface area contributed by atoms with E-state index in [1.54, 1.807) is 0 Å². The van der Waals surface area contributed by atoms with E-state index < -0.39 is 0 Å². The summed E-state index contributed by atoms with van der Waals surface area (Å²) in [6.45, 7) is 0. The lowest BCUT2D eigenvalue weighted by molar-refractivity contribution is 0.964. The number of fused-ring (bicyclic) bond motifs is 3. The quantitative estimate of drug-likeness (QED) is 0.502. The fourth-order valence-electron chi connectivity index (χ4n) is 3.70. The van der Waals surface area contributed by atoms with Gasteiger partial charge in [0.05, 0.1) is 5.69 Å². The van der Waals surface area contributed by atoms with E-state index in [1.165, 1.54) is 33.3 Å². The second-order valence-electron chi connectivity index (χ2n) is 6.52. The molecule has 2 aromatic carbocycles. The molecule has 0 radical (unpaired) electrons. The van der Waals surface area contributed by atoms with Crippen LogP contribution < -0.4 is 0 Å². The summed E-state index contributed by atoms with van der Waals surface area (Å²) in [6, 6.07) is 23.4. The lowest BCUT2D eigenvalue weighted by Crippen LogP contribution is -1.98. The van der Waals surface area contributed by atoms with Crippen molar-refractivity contribution in [3.63, 3.8) is 0 Å². The molecule has 0 unspecified atom stereocenters. The van der Waals surface area contributed by atoms with Gasteiger partial charge in [0.15, 0.2) is 0 Å². The van der Waals surface area contributed by atoms with Crippen molar-refractivity contribution < 1.29 is 0 Å². The molecule has 2 aromatic heterocycles. The molecule has 0 bridgehead atoms. The van der Waals surface area contributed by atoms with Crippen molar-refractivity contribution in [1.82, 2.24) is 9.97 Å². The van der Waals surface area contributed by atoms with Gasteiger partial charge < -0.3 is 4.98 Å². The van der Waals surface area contributed by atoms with E-state index in [0.717, 1.165) is 24.1 Å². The second kappa shape index (κ2) is 5.75. The monoisotopic (exact) mass is 322 g/mol. The van der Waals surface area contributed by atoms with Gasteiger partial charge in [-0.2, -0.15) is 0 Å². The highest BCUT2D eigenvalue weighted by atomic mass is 14.7. The topological polar surface area (TPSA) is 28.7 Å². The molecule has 2 heteroatoms. The number of benzene rings is 2. The van der Waals surface area contributed by atoms with Gasteiger partial charge in [0.25, 0.3) is 0 Å². The van der Waals surface area contributed by atoms with Crippen molar-refractivity contribution in [3.05, 3.63) is 89.7 Å². The van der Waals surface area contributed by atoms with Gasteiger partial charge in [0.1, 0.15) is 0 Å². The third-order valence-corrected chi connectivity index (χ3v) is 5.01. The van der Waals surface area contributed by atoms with Crippen LogP contribution in [-0.2, 0) is 6.42 Å². The Hall–Kier alpha value is -3.13. The van der Waals surface area contributed by atoms with Gasteiger partial charge in [0, 0.05) is 33.9 Å². The van der Waals surface area contributed by atoms with Crippen molar-refractivity contribution >= 4 is 22.6 Å². The Morgan fingerprint density at radius 2 is 1.56 bits per heavy atom. The summed E-state index contributed by atoms with van der Waals surface area (Å²) in [4.78, 5) is 8.00. The molecule has 0 spiro atoms. The van der Waals surface area contributed by atoms with E-state index in [2.05, 4.69) is 64.6 Å². The summed E-state index contributed by atoms with van der Waals surface area (Å²) in [5.74, 6) is 0. The molecule has 1 aliphatic rings. The fraction of sp³-hybridized carbons (Fsp3) is 0.0870. The van der Waals surface area contributed by atoms with Crippen LogP contribution in [0.15, 0.2) is 72.9 Å². The highest BCUT2D eigenvalue weighted by Crippen LogP contribution is 2.35. The van der Waals surface area contributed by atoms with Gasteiger partial charge in [-0.3, -0.25) is 4.98 Å². The molecular formula is C23H18N2.